The van der Waals surface area contributed by atoms with Crippen molar-refractivity contribution in [2.75, 3.05) is 26.9 Å². The average molecular weight is 305 g/mol. The summed E-state index contributed by atoms with van der Waals surface area (Å²) in [5, 5.41) is 0. The number of allylic oxidation sites excluding steroid dienone is 1. The van der Waals surface area contributed by atoms with Crippen LogP contribution < -0.4 is 0 Å². The minimum absolute atomic E-state index is 0.0551. The maximum absolute atomic E-state index is 10.9. The minimum atomic E-state index is -3.50. The van der Waals surface area contributed by atoms with Gasteiger partial charge in [-0.1, -0.05) is 6.08 Å². The zero-order valence-corrected chi connectivity index (χ0v) is 12.3. The highest BCUT2D eigenvalue weighted by Gasteiger charge is 2.18. The van der Waals surface area contributed by atoms with E-state index in [1.807, 2.05) is 6.08 Å². The Labute approximate surface area is 112 Å². The molecule has 0 aliphatic carbocycles. The highest BCUT2D eigenvalue weighted by atomic mass is 35.9. The Hall–Kier alpha value is 0.430. The van der Waals surface area contributed by atoms with Crippen molar-refractivity contribution in [2.24, 2.45) is 0 Å². The molecule has 1 atom stereocenters. The molecule has 0 N–H and O–H groups in total. The summed E-state index contributed by atoms with van der Waals surface area (Å²) < 4.78 is 26.2. The fraction of sp³-hybridized carbons (Fsp3) is 0.800. The van der Waals surface area contributed by atoms with E-state index in [-0.39, 0.29) is 12.7 Å². The van der Waals surface area contributed by atoms with Crippen LogP contribution in [0.5, 0.6) is 0 Å². The van der Waals surface area contributed by atoms with Crippen molar-refractivity contribution in [1.29, 1.82) is 0 Å². The van der Waals surface area contributed by atoms with Crippen molar-refractivity contribution in [3.8, 4) is 0 Å². The molecule has 0 saturated carbocycles. The van der Waals surface area contributed by atoms with E-state index in [1.54, 1.807) is 7.11 Å². The molecule has 0 aliphatic heterocycles. The normalized spacial score (nSPS) is 13.6. The van der Waals surface area contributed by atoms with Gasteiger partial charge in [0, 0.05) is 13.7 Å². The summed E-state index contributed by atoms with van der Waals surface area (Å²) in [6, 6.07) is 0. The van der Waals surface area contributed by atoms with Crippen molar-refractivity contribution in [2.45, 2.75) is 25.4 Å². The molecular weight excluding hydrogens is 286 g/mol. The highest BCUT2D eigenvalue weighted by Crippen LogP contribution is 2.57. The van der Waals surface area contributed by atoms with Crippen LogP contribution in [0, 0.1) is 0 Å². The van der Waals surface area contributed by atoms with Crippen LogP contribution in [-0.4, -0.2) is 33.0 Å². The quantitative estimate of drug-likeness (QED) is 0.329. The molecule has 0 aromatic carbocycles. The second-order valence-electron chi connectivity index (χ2n) is 3.44. The SMILES string of the molecule is C=CCCCCOC(COC)COP(=O)(Cl)Cl. The zero-order chi connectivity index (χ0) is 13.1. The highest BCUT2D eigenvalue weighted by molar-refractivity contribution is 8.05. The first-order valence-corrected chi connectivity index (χ1v) is 8.78. The van der Waals surface area contributed by atoms with Crippen molar-refractivity contribution < 1.29 is 18.6 Å². The lowest BCUT2D eigenvalue weighted by Gasteiger charge is -2.17. The Kier molecular flexibility index (Phi) is 10.6. The Morgan fingerprint density at radius 3 is 2.59 bits per heavy atom. The molecule has 0 spiro atoms. The number of rotatable bonds is 11. The zero-order valence-electron chi connectivity index (χ0n) is 9.94. The lowest BCUT2D eigenvalue weighted by Crippen LogP contribution is -2.24. The first-order valence-electron chi connectivity index (χ1n) is 5.35. The van der Waals surface area contributed by atoms with Crippen LogP contribution in [0.1, 0.15) is 19.3 Å². The number of methoxy groups -OCH3 is 1. The van der Waals surface area contributed by atoms with E-state index in [4.69, 9.17) is 36.5 Å². The lowest BCUT2D eigenvalue weighted by atomic mass is 10.2. The van der Waals surface area contributed by atoms with Crippen LogP contribution in [0.4, 0.5) is 0 Å². The van der Waals surface area contributed by atoms with E-state index in [0.717, 1.165) is 19.3 Å². The van der Waals surface area contributed by atoms with Crippen LogP contribution in [0.3, 0.4) is 0 Å². The Morgan fingerprint density at radius 1 is 1.35 bits per heavy atom. The monoisotopic (exact) mass is 304 g/mol. The Morgan fingerprint density at radius 2 is 2.06 bits per heavy atom. The standard InChI is InChI=1S/C10H19Cl2O4P/c1-3-4-5-6-7-15-10(8-14-2)9-16-17(11,12)13/h3,10H,1,4-9H2,2H3. The number of halogens is 2. The Balaban J connectivity index is 3.74. The average Bonchev–Trinajstić information content (AvgIpc) is 2.24. The summed E-state index contributed by atoms with van der Waals surface area (Å²) in [4.78, 5) is 0. The van der Waals surface area contributed by atoms with E-state index in [0.29, 0.717) is 13.2 Å². The third-order valence-corrected chi connectivity index (χ3v) is 2.95. The minimum Gasteiger partial charge on any atom is -0.382 e. The number of hydrogen-bond donors (Lipinski definition) is 0. The molecule has 7 heteroatoms. The second kappa shape index (κ2) is 10.4. The predicted octanol–water partition coefficient (Wildman–Crippen LogP) is 3.98. The van der Waals surface area contributed by atoms with Crippen molar-refractivity contribution in [3.05, 3.63) is 12.7 Å². The molecule has 0 aromatic heterocycles. The fourth-order valence-corrected chi connectivity index (χ4v) is 1.82. The first kappa shape index (κ1) is 17.4. The summed E-state index contributed by atoms with van der Waals surface area (Å²) in [5.74, 6) is 0. The summed E-state index contributed by atoms with van der Waals surface area (Å²) in [5.41, 5.74) is 0. The fourth-order valence-electron chi connectivity index (χ4n) is 1.14. The molecule has 0 heterocycles. The van der Waals surface area contributed by atoms with E-state index >= 15 is 0 Å². The largest absolute Gasteiger partial charge is 0.382 e. The number of unbranched alkanes of at least 4 members (excludes halogenated alkanes) is 2. The Bertz CT molecular complexity index is 244. The van der Waals surface area contributed by atoms with E-state index < -0.39 is 6.07 Å². The number of hydrogen-bond acceptors (Lipinski definition) is 4. The molecule has 0 fully saturated rings. The topological polar surface area (TPSA) is 44.8 Å². The molecule has 0 amide bonds. The summed E-state index contributed by atoms with van der Waals surface area (Å²) >= 11 is 10.5. The molecule has 0 aliphatic rings. The van der Waals surface area contributed by atoms with Gasteiger partial charge in [-0.05, 0) is 41.7 Å². The lowest BCUT2D eigenvalue weighted by molar-refractivity contribution is -0.0250. The smallest absolute Gasteiger partial charge is 0.380 e. The molecule has 4 nitrogen and oxygen atoms in total. The van der Waals surface area contributed by atoms with Gasteiger partial charge in [-0.25, -0.2) is 0 Å². The maximum atomic E-state index is 10.9. The molecule has 0 bridgehead atoms. The van der Waals surface area contributed by atoms with E-state index in [9.17, 15) is 4.57 Å². The molecule has 0 radical (unpaired) electrons. The van der Waals surface area contributed by atoms with Gasteiger partial charge in [0.25, 0.3) is 0 Å². The van der Waals surface area contributed by atoms with Crippen molar-refractivity contribution >= 4 is 28.6 Å². The van der Waals surface area contributed by atoms with E-state index in [2.05, 4.69) is 6.58 Å². The first-order chi connectivity index (χ1) is 7.99. The van der Waals surface area contributed by atoms with Crippen LogP contribution in [0.15, 0.2) is 12.7 Å². The number of ether oxygens (including phenoxy) is 2. The molecule has 0 aromatic rings. The second-order valence-corrected chi connectivity index (χ2v) is 7.72. The van der Waals surface area contributed by atoms with Gasteiger partial charge in [-0.3, -0.25) is 4.57 Å². The van der Waals surface area contributed by atoms with Gasteiger partial charge in [-0.2, -0.15) is 0 Å². The van der Waals surface area contributed by atoms with E-state index in [1.165, 1.54) is 0 Å². The van der Waals surface area contributed by atoms with Gasteiger partial charge in [0.15, 0.2) is 0 Å². The van der Waals surface area contributed by atoms with Crippen molar-refractivity contribution in [1.82, 2.24) is 0 Å². The van der Waals surface area contributed by atoms with Gasteiger partial charge in [0.05, 0.1) is 13.2 Å². The predicted molar refractivity (Wildman–Crippen MR) is 70.9 cm³/mol. The third-order valence-electron chi connectivity index (χ3n) is 1.92. The van der Waals surface area contributed by atoms with Crippen LogP contribution in [-0.2, 0) is 18.6 Å². The molecular formula is C10H19Cl2O4P. The van der Waals surface area contributed by atoms with Gasteiger partial charge in [0.2, 0.25) is 0 Å². The summed E-state index contributed by atoms with van der Waals surface area (Å²) in [6.45, 7) is 4.62. The van der Waals surface area contributed by atoms with Crippen LogP contribution >= 0.6 is 28.6 Å². The van der Waals surface area contributed by atoms with Gasteiger partial charge >= 0.3 is 6.07 Å². The summed E-state index contributed by atoms with van der Waals surface area (Å²) in [7, 11) is 1.55. The van der Waals surface area contributed by atoms with Gasteiger partial charge in [0.1, 0.15) is 6.10 Å². The molecule has 1 unspecified atom stereocenters. The third kappa shape index (κ3) is 12.7. The molecule has 17 heavy (non-hydrogen) atoms. The molecule has 0 rings (SSSR count). The maximum Gasteiger partial charge on any atom is 0.380 e. The molecule has 102 valence electrons. The van der Waals surface area contributed by atoms with Crippen LogP contribution in [0.25, 0.3) is 0 Å². The van der Waals surface area contributed by atoms with Gasteiger partial charge < -0.3 is 14.0 Å². The van der Waals surface area contributed by atoms with Crippen molar-refractivity contribution in [3.63, 3.8) is 0 Å². The molecule has 0 saturated heterocycles. The van der Waals surface area contributed by atoms with Gasteiger partial charge in [-0.15, -0.1) is 6.58 Å². The van der Waals surface area contributed by atoms with Crippen LogP contribution in [0.2, 0.25) is 0 Å². The summed E-state index contributed by atoms with van der Waals surface area (Å²) in [6.07, 6.45) is 0.969.